The van der Waals surface area contributed by atoms with Crippen molar-refractivity contribution in [2.45, 2.75) is 39.7 Å². The monoisotopic (exact) mass is 545 g/mol. The zero-order chi connectivity index (χ0) is 27.0. The number of halogens is 1. The van der Waals surface area contributed by atoms with Gasteiger partial charge >= 0.3 is 0 Å². The third-order valence-electron chi connectivity index (χ3n) is 6.51. The summed E-state index contributed by atoms with van der Waals surface area (Å²) in [6.45, 7) is 8.25. The highest BCUT2D eigenvalue weighted by molar-refractivity contribution is 7.13. The Morgan fingerprint density at radius 3 is 2.47 bits per heavy atom. The second kappa shape index (κ2) is 10.5. The third kappa shape index (κ3) is 4.87. The molecule has 3 aromatic heterocycles. The zero-order valence-corrected chi connectivity index (χ0v) is 23.1. The maximum atomic E-state index is 13.9. The number of nitrogen functional groups attached to an aromatic ring is 1. The molecule has 3 N–H and O–H groups in total. The van der Waals surface area contributed by atoms with Gasteiger partial charge in [-0.05, 0) is 37.1 Å². The van der Waals surface area contributed by atoms with Crippen LogP contribution in [-0.2, 0) is 0 Å². The third-order valence-corrected chi connectivity index (χ3v) is 7.82. The summed E-state index contributed by atoms with van der Waals surface area (Å²) in [6, 6.07) is 14.7. The average molecular weight is 546 g/mol. The number of aryl methyl sites for hydroxylation is 1. The Balaban J connectivity index is 1.66. The van der Waals surface area contributed by atoms with Crippen LogP contribution in [-0.4, -0.2) is 30.5 Å². The minimum Gasteiger partial charge on any atom is -0.368 e. The Labute approximate surface area is 229 Å². The Bertz CT molecular complexity index is 1670. The topological polar surface area (TPSA) is 112 Å². The van der Waals surface area contributed by atoms with E-state index in [0.717, 1.165) is 22.0 Å². The van der Waals surface area contributed by atoms with Gasteiger partial charge in [0.2, 0.25) is 5.95 Å². The Morgan fingerprint density at radius 2 is 1.79 bits per heavy atom. The van der Waals surface area contributed by atoms with Crippen molar-refractivity contribution in [1.82, 2.24) is 24.5 Å². The molecule has 0 fully saturated rings. The van der Waals surface area contributed by atoms with Crippen molar-refractivity contribution in [3.63, 3.8) is 0 Å². The predicted molar refractivity (Wildman–Crippen MR) is 155 cm³/mol. The first kappa shape index (κ1) is 25.8. The normalized spacial score (nSPS) is 13.1. The van der Waals surface area contributed by atoms with Crippen LogP contribution in [0.5, 0.6) is 0 Å². The van der Waals surface area contributed by atoms with Crippen LogP contribution >= 0.6 is 22.9 Å². The van der Waals surface area contributed by atoms with E-state index in [4.69, 9.17) is 22.3 Å². The SMILES string of the molecule is Cc1csc(-c2cnc(N)nc2NC(C(C)C)C(C)c2nc3cccc(Cl)c3c(=O)n2-c2ccccc2)n1. The number of rotatable bonds is 7. The molecule has 2 aromatic carbocycles. The van der Waals surface area contributed by atoms with Crippen LogP contribution < -0.4 is 16.6 Å². The van der Waals surface area contributed by atoms with Gasteiger partial charge in [-0.25, -0.2) is 15.0 Å². The largest absolute Gasteiger partial charge is 0.368 e. The molecule has 0 aliphatic heterocycles. The lowest BCUT2D eigenvalue weighted by Gasteiger charge is -2.31. The van der Waals surface area contributed by atoms with Crippen molar-refractivity contribution in [1.29, 1.82) is 0 Å². The molecule has 0 amide bonds. The molecule has 0 bridgehead atoms. The molecule has 0 radical (unpaired) electrons. The molecular formula is C28H28ClN7OS. The second-order valence-corrected chi connectivity index (χ2v) is 10.8. The van der Waals surface area contributed by atoms with Gasteiger partial charge in [-0.2, -0.15) is 4.98 Å². The number of para-hydroxylation sites is 1. The molecule has 2 unspecified atom stereocenters. The van der Waals surface area contributed by atoms with Gasteiger partial charge < -0.3 is 11.1 Å². The molecule has 0 aliphatic carbocycles. The number of nitrogens with two attached hydrogens (primary N) is 1. The van der Waals surface area contributed by atoms with Gasteiger partial charge in [0, 0.05) is 29.2 Å². The van der Waals surface area contributed by atoms with E-state index < -0.39 is 0 Å². The smallest absolute Gasteiger partial charge is 0.267 e. The summed E-state index contributed by atoms with van der Waals surface area (Å²) in [5.41, 5.74) is 8.77. The van der Waals surface area contributed by atoms with Crippen LogP contribution in [0, 0.1) is 12.8 Å². The van der Waals surface area contributed by atoms with E-state index in [2.05, 4.69) is 41.0 Å². The van der Waals surface area contributed by atoms with Crippen LogP contribution in [0.1, 0.15) is 38.2 Å². The molecule has 5 aromatic rings. The van der Waals surface area contributed by atoms with E-state index in [-0.39, 0.29) is 29.4 Å². The summed E-state index contributed by atoms with van der Waals surface area (Å²) in [5.74, 6) is 1.31. The van der Waals surface area contributed by atoms with Crippen LogP contribution in [0.3, 0.4) is 0 Å². The predicted octanol–water partition coefficient (Wildman–Crippen LogP) is 6.08. The summed E-state index contributed by atoms with van der Waals surface area (Å²) < 4.78 is 1.66. The van der Waals surface area contributed by atoms with Crippen molar-refractivity contribution in [3.05, 3.63) is 87.0 Å². The van der Waals surface area contributed by atoms with Crippen LogP contribution in [0.2, 0.25) is 5.02 Å². The summed E-state index contributed by atoms with van der Waals surface area (Å²) in [6.07, 6.45) is 1.70. The first-order valence-corrected chi connectivity index (χ1v) is 13.6. The number of fused-ring (bicyclic) bond motifs is 1. The van der Waals surface area contributed by atoms with Crippen LogP contribution in [0.15, 0.2) is 64.9 Å². The number of anilines is 2. The van der Waals surface area contributed by atoms with Crippen molar-refractivity contribution < 1.29 is 0 Å². The van der Waals surface area contributed by atoms with Gasteiger partial charge in [-0.3, -0.25) is 9.36 Å². The molecule has 194 valence electrons. The molecule has 0 spiro atoms. The van der Waals surface area contributed by atoms with Gasteiger partial charge in [0.25, 0.3) is 5.56 Å². The molecule has 5 rings (SSSR count). The highest BCUT2D eigenvalue weighted by Crippen LogP contribution is 2.34. The lowest BCUT2D eigenvalue weighted by Crippen LogP contribution is -2.36. The maximum Gasteiger partial charge on any atom is 0.267 e. The maximum absolute atomic E-state index is 13.9. The molecular weight excluding hydrogens is 518 g/mol. The van der Waals surface area contributed by atoms with Gasteiger partial charge in [0.1, 0.15) is 16.6 Å². The van der Waals surface area contributed by atoms with Crippen molar-refractivity contribution >= 4 is 45.6 Å². The highest BCUT2D eigenvalue weighted by Gasteiger charge is 2.29. The number of benzene rings is 2. The fraction of sp³-hybridized carbons (Fsp3) is 0.250. The number of hydrogen-bond donors (Lipinski definition) is 2. The molecule has 2 atom stereocenters. The highest BCUT2D eigenvalue weighted by atomic mass is 35.5. The van der Waals surface area contributed by atoms with E-state index in [1.54, 1.807) is 16.8 Å². The molecule has 38 heavy (non-hydrogen) atoms. The van der Waals surface area contributed by atoms with Crippen LogP contribution in [0.25, 0.3) is 27.2 Å². The second-order valence-electron chi connectivity index (χ2n) is 9.57. The number of thiazole rings is 1. The Kier molecular flexibility index (Phi) is 7.14. The van der Waals surface area contributed by atoms with Crippen LogP contribution in [0.4, 0.5) is 11.8 Å². The number of hydrogen-bond acceptors (Lipinski definition) is 8. The molecule has 10 heteroatoms. The summed E-state index contributed by atoms with van der Waals surface area (Å²) in [4.78, 5) is 32.2. The molecule has 0 aliphatic rings. The molecule has 0 saturated carbocycles. The minimum absolute atomic E-state index is 0.142. The van der Waals surface area contributed by atoms with Crippen molar-refractivity contribution in [3.8, 4) is 16.3 Å². The Hall–Kier alpha value is -3.82. The lowest BCUT2D eigenvalue weighted by atomic mass is 9.90. The molecule has 3 heterocycles. The Morgan fingerprint density at radius 1 is 1.03 bits per heavy atom. The minimum atomic E-state index is -0.214. The number of nitrogens with one attached hydrogen (secondary N) is 1. The summed E-state index contributed by atoms with van der Waals surface area (Å²) in [5, 5.41) is 7.17. The van der Waals surface area contributed by atoms with Crippen molar-refractivity contribution in [2.75, 3.05) is 11.1 Å². The fourth-order valence-corrected chi connectivity index (χ4v) is 5.72. The summed E-state index contributed by atoms with van der Waals surface area (Å²) >= 11 is 7.99. The van der Waals surface area contributed by atoms with E-state index in [1.807, 2.05) is 54.8 Å². The summed E-state index contributed by atoms with van der Waals surface area (Å²) in [7, 11) is 0. The van der Waals surface area contributed by atoms with Gasteiger partial charge in [-0.1, -0.05) is 56.6 Å². The van der Waals surface area contributed by atoms with Gasteiger partial charge in [-0.15, -0.1) is 11.3 Å². The first-order chi connectivity index (χ1) is 18.2. The molecule has 8 nitrogen and oxygen atoms in total. The van der Waals surface area contributed by atoms with E-state index >= 15 is 0 Å². The zero-order valence-electron chi connectivity index (χ0n) is 21.5. The first-order valence-electron chi connectivity index (χ1n) is 12.3. The lowest BCUT2D eigenvalue weighted by molar-refractivity contribution is 0.443. The van der Waals surface area contributed by atoms with E-state index in [1.165, 1.54) is 11.3 Å². The quantitative estimate of drug-likeness (QED) is 0.255. The van der Waals surface area contributed by atoms with Gasteiger partial charge in [0.05, 0.1) is 27.2 Å². The fourth-order valence-electron chi connectivity index (χ4n) is 4.67. The number of aromatic nitrogens is 5. The molecule has 0 saturated heterocycles. The van der Waals surface area contributed by atoms with E-state index in [9.17, 15) is 4.79 Å². The average Bonchev–Trinajstić information content (AvgIpc) is 3.33. The standard InChI is InChI=1S/C28H28ClN7OS/c1-15(2)23(34-24-19(13-31-28(30)35-24)26-32-16(3)14-38-26)17(4)25-33-21-12-8-11-20(29)22(21)27(37)36(25)18-9-6-5-7-10-18/h5-15,17,23H,1-4H3,(H3,30,31,34,35). The van der Waals surface area contributed by atoms with Crippen molar-refractivity contribution in [2.24, 2.45) is 5.92 Å². The number of nitrogens with zero attached hydrogens (tertiary/aromatic N) is 5. The van der Waals surface area contributed by atoms with Gasteiger partial charge in [0.15, 0.2) is 0 Å². The van der Waals surface area contributed by atoms with E-state index in [0.29, 0.717) is 27.6 Å².